The van der Waals surface area contributed by atoms with Crippen molar-refractivity contribution in [3.05, 3.63) is 116 Å². The van der Waals surface area contributed by atoms with Crippen molar-refractivity contribution in [3.63, 3.8) is 0 Å². The number of amides is 2. The van der Waals surface area contributed by atoms with Crippen molar-refractivity contribution in [1.29, 1.82) is 0 Å². The summed E-state index contributed by atoms with van der Waals surface area (Å²) in [4.78, 5) is 52.7. The predicted molar refractivity (Wildman–Crippen MR) is 174 cm³/mol. The van der Waals surface area contributed by atoms with E-state index in [4.69, 9.17) is 10.5 Å². The van der Waals surface area contributed by atoms with Crippen LogP contribution < -0.4 is 22.3 Å². The highest BCUT2D eigenvalue weighted by molar-refractivity contribution is 5.96. The van der Waals surface area contributed by atoms with Gasteiger partial charge in [-0.3, -0.25) is 23.9 Å². The number of rotatable bonds is 14. The minimum absolute atomic E-state index is 0.0837. The first-order chi connectivity index (χ1) is 21.9. The summed E-state index contributed by atoms with van der Waals surface area (Å²) in [6.07, 6.45) is 3.89. The molecule has 0 atom stereocenters. The number of benzene rings is 3. The molecule has 1 aliphatic heterocycles. The number of ether oxygens (including phenoxy) is 1. The van der Waals surface area contributed by atoms with E-state index in [0.717, 1.165) is 62.0 Å². The van der Waals surface area contributed by atoms with Crippen LogP contribution in [0.3, 0.4) is 0 Å². The Morgan fingerprint density at radius 2 is 1.56 bits per heavy atom. The number of nitrogens with two attached hydrogens (primary N) is 1. The number of aryl methyl sites for hydroxylation is 1. The van der Waals surface area contributed by atoms with Gasteiger partial charge in [0.15, 0.2) is 0 Å². The van der Waals surface area contributed by atoms with Gasteiger partial charge in [0.25, 0.3) is 5.56 Å². The van der Waals surface area contributed by atoms with Crippen molar-refractivity contribution in [2.45, 2.75) is 57.3 Å². The topological polar surface area (TPSA) is 140 Å². The Balaban J connectivity index is 1.11. The lowest BCUT2D eigenvalue weighted by molar-refractivity contribution is -0.127. The fourth-order valence-electron chi connectivity index (χ4n) is 5.96. The highest BCUT2D eigenvalue weighted by atomic mass is 16.5. The Morgan fingerprint density at radius 3 is 2.20 bits per heavy atom. The number of piperidine rings is 1. The van der Waals surface area contributed by atoms with E-state index in [9.17, 15) is 19.2 Å². The number of hydrogen-bond donors (Lipinski definition) is 3. The summed E-state index contributed by atoms with van der Waals surface area (Å²) in [5, 5.41) is 3.07. The second-order valence-corrected chi connectivity index (χ2v) is 11.6. The summed E-state index contributed by atoms with van der Waals surface area (Å²) in [5.41, 5.74) is 7.96. The van der Waals surface area contributed by atoms with Gasteiger partial charge in [-0.2, -0.15) is 0 Å². The van der Waals surface area contributed by atoms with Crippen LogP contribution >= 0.6 is 0 Å². The highest BCUT2D eigenvalue weighted by Gasteiger charge is 2.24. The van der Waals surface area contributed by atoms with Gasteiger partial charge in [0.2, 0.25) is 11.8 Å². The quantitative estimate of drug-likeness (QED) is 0.148. The largest absolute Gasteiger partial charge is 0.369 e. The molecule has 0 radical (unpaired) electrons. The molecule has 0 saturated carbocycles. The molecule has 2 amide bonds. The zero-order chi connectivity index (χ0) is 31.6. The maximum absolute atomic E-state index is 12.7. The van der Waals surface area contributed by atoms with Gasteiger partial charge >= 0.3 is 5.69 Å². The molecule has 3 aromatic carbocycles. The van der Waals surface area contributed by atoms with E-state index in [-0.39, 0.29) is 18.6 Å². The molecule has 5 rings (SSSR count). The number of aromatic amines is 1. The molecule has 4 N–H and O–H groups in total. The smallest absolute Gasteiger partial charge is 0.328 e. The third-order valence-electron chi connectivity index (χ3n) is 8.31. The van der Waals surface area contributed by atoms with Gasteiger partial charge in [0.1, 0.15) is 12.5 Å². The van der Waals surface area contributed by atoms with Crippen molar-refractivity contribution in [2.75, 3.05) is 26.2 Å². The van der Waals surface area contributed by atoms with Crippen LogP contribution in [0.4, 0.5) is 0 Å². The number of unbranched alkanes of at least 4 members (excludes halogenated alkanes) is 1. The molecule has 0 spiro atoms. The zero-order valence-electron chi connectivity index (χ0n) is 25.5. The average Bonchev–Trinajstić information content (AvgIpc) is 3.04. The number of H-pyrrole nitrogens is 1. The number of carbonyl (C=O) groups excluding carboxylic acids is 2. The van der Waals surface area contributed by atoms with E-state index in [1.165, 1.54) is 0 Å². The van der Waals surface area contributed by atoms with Gasteiger partial charge < -0.3 is 20.7 Å². The van der Waals surface area contributed by atoms with Gasteiger partial charge in [-0.25, -0.2) is 4.79 Å². The Bertz CT molecular complexity index is 1660. The number of primary amides is 1. The lowest BCUT2D eigenvalue weighted by atomic mass is 10.00. The molecule has 0 unspecified atom stereocenters. The number of nitrogens with one attached hydrogen (secondary N) is 2. The van der Waals surface area contributed by atoms with Crippen LogP contribution in [-0.4, -0.2) is 58.5 Å². The molecule has 1 aromatic heterocycles. The summed E-state index contributed by atoms with van der Waals surface area (Å²) >= 11 is 0. The molecular weight excluding hydrogens is 570 g/mol. The number of aromatic nitrogens is 2. The van der Waals surface area contributed by atoms with Gasteiger partial charge in [0, 0.05) is 26.2 Å². The number of fused-ring (bicyclic) bond motifs is 1. The standard InChI is InChI=1S/C35H41N5O5/c36-31(41)24-32(42)37-18-15-25-13-14-30-29(23-25)34(43)38-35(44)40(30)20-8-7-19-39-21-16-28(17-22-39)45-33(26-9-3-1-4-10-26)27-11-5-2-6-12-27/h1-6,9-14,23,28,33H,7-8,15-22,24H2,(H2,36,41)(H,37,42)(H,38,43,44). The maximum atomic E-state index is 12.7. The number of carbonyl (C=O) groups is 2. The fraction of sp³-hybridized carbons (Fsp3) is 0.371. The SMILES string of the molecule is NC(=O)CC(=O)NCCc1ccc2c(c1)c(=O)[nH]c(=O)n2CCCCN1CCC(OC(c2ccccc2)c2ccccc2)CC1. The van der Waals surface area contributed by atoms with Crippen molar-refractivity contribution in [2.24, 2.45) is 5.73 Å². The monoisotopic (exact) mass is 611 g/mol. The van der Waals surface area contributed by atoms with E-state index < -0.39 is 23.1 Å². The molecule has 1 fully saturated rings. The molecule has 4 aromatic rings. The van der Waals surface area contributed by atoms with Gasteiger partial charge in [-0.05, 0) is 67.5 Å². The first kappa shape index (κ1) is 31.9. The molecule has 1 saturated heterocycles. The summed E-state index contributed by atoms with van der Waals surface area (Å²) in [6.45, 7) is 3.68. The third-order valence-corrected chi connectivity index (χ3v) is 8.31. The van der Waals surface area contributed by atoms with Crippen molar-refractivity contribution >= 4 is 22.7 Å². The molecule has 236 valence electrons. The van der Waals surface area contributed by atoms with Gasteiger partial charge in [0.05, 0.1) is 17.0 Å². The number of hydrogen-bond acceptors (Lipinski definition) is 6. The summed E-state index contributed by atoms with van der Waals surface area (Å²) < 4.78 is 8.31. The minimum Gasteiger partial charge on any atom is -0.369 e. The summed E-state index contributed by atoms with van der Waals surface area (Å²) in [5.74, 6) is -1.12. The molecule has 1 aliphatic rings. The molecule has 0 aliphatic carbocycles. The average molecular weight is 612 g/mol. The first-order valence-corrected chi connectivity index (χ1v) is 15.7. The van der Waals surface area contributed by atoms with Crippen LogP contribution in [0.1, 0.15) is 54.9 Å². The Hall–Kier alpha value is -4.54. The van der Waals surface area contributed by atoms with Gasteiger partial charge in [-0.1, -0.05) is 66.7 Å². The van der Waals surface area contributed by atoms with Crippen molar-refractivity contribution in [1.82, 2.24) is 19.8 Å². The summed E-state index contributed by atoms with van der Waals surface area (Å²) in [7, 11) is 0. The van der Waals surface area contributed by atoms with Crippen LogP contribution in [0.15, 0.2) is 88.5 Å². The van der Waals surface area contributed by atoms with Crippen LogP contribution in [0.25, 0.3) is 10.9 Å². The molecule has 10 heteroatoms. The minimum atomic E-state index is -0.686. The Kier molecular flexibility index (Phi) is 10.9. The fourth-order valence-corrected chi connectivity index (χ4v) is 5.96. The van der Waals surface area contributed by atoms with Crippen molar-refractivity contribution in [3.8, 4) is 0 Å². The second kappa shape index (κ2) is 15.5. The molecule has 45 heavy (non-hydrogen) atoms. The van der Waals surface area contributed by atoms with Crippen molar-refractivity contribution < 1.29 is 14.3 Å². The molecule has 2 heterocycles. The summed E-state index contributed by atoms with van der Waals surface area (Å²) in [6, 6.07) is 26.2. The molecule has 10 nitrogen and oxygen atoms in total. The van der Waals surface area contributed by atoms with E-state index >= 15 is 0 Å². The van der Waals surface area contributed by atoms with Gasteiger partial charge in [-0.15, -0.1) is 0 Å². The lowest BCUT2D eigenvalue weighted by Gasteiger charge is -2.34. The first-order valence-electron chi connectivity index (χ1n) is 15.7. The van der Waals surface area contributed by atoms with Crippen LogP contribution in [0.2, 0.25) is 0 Å². The Morgan fingerprint density at radius 1 is 0.911 bits per heavy atom. The normalized spacial score (nSPS) is 14.2. The number of nitrogens with zero attached hydrogens (tertiary/aromatic N) is 2. The van der Waals surface area contributed by atoms with Crippen LogP contribution in [0.5, 0.6) is 0 Å². The van der Waals surface area contributed by atoms with E-state index in [2.05, 4.69) is 63.7 Å². The van der Waals surface area contributed by atoms with Crippen LogP contribution in [-0.2, 0) is 27.3 Å². The van der Waals surface area contributed by atoms with E-state index in [1.54, 1.807) is 16.7 Å². The van der Waals surface area contributed by atoms with E-state index in [1.807, 2.05) is 18.2 Å². The molecule has 0 bridgehead atoms. The maximum Gasteiger partial charge on any atom is 0.328 e. The highest BCUT2D eigenvalue weighted by Crippen LogP contribution is 2.30. The lowest BCUT2D eigenvalue weighted by Crippen LogP contribution is -2.38. The second-order valence-electron chi connectivity index (χ2n) is 11.6. The predicted octanol–water partition coefficient (Wildman–Crippen LogP) is 3.27. The third kappa shape index (κ3) is 8.77. The Labute approximate surface area is 262 Å². The number of likely N-dealkylation sites (tertiary alicyclic amines) is 1. The van der Waals surface area contributed by atoms with E-state index in [0.29, 0.717) is 30.4 Å². The van der Waals surface area contributed by atoms with Crippen LogP contribution in [0, 0.1) is 0 Å². The molecular formula is C35H41N5O5. The zero-order valence-corrected chi connectivity index (χ0v) is 25.5.